The van der Waals surface area contributed by atoms with Crippen molar-refractivity contribution in [3.8, 4) is 17.0 Å². The molecule has 7 nitrogen and oxygen atoms in total. The molecular formula is C24H23N3O4S. The zero-order chi connectivity index (χ0) is 21.9. The van der Waals surface area contributed by atoms with Crippen molar-refractivity contribution in [3.63, 3.8) is 0 Å². The normalized spacial score (nSPS) is 17.5. The smallest absolute Gasteiger partial charge is 0.262 e. The minimum atomic E-state index is -0.221. The fourth-order valence-electron chi connectivity index (χ4n) is 3.95. The van der Waals surface area contributed by atoms with Crippen molar-refractivity contribution in [2.24, 2.45) is 0 Å². The minimum absolute atomic E-state index is 0.00669. The molecule has 1 amide bonds. The Hall–Kier alpha value is -3.10. The molecular weight excluding hydrogens is 426 g/mol. The number of hydrogen-bond acceptors (Lipinski definition) is 6. The number of Topliss-reactive ketones (excluding diaryl/α,β-unsaturated/α-hetero) is 1. The van der Waals surface area contributed by atoms with Crippen LogP contribution >= 0.6 is 11.8 Å². The number of imidazole rings is 1. The number of thioether (sulfide) groups is 1. The molecule has 1 N–H and O–H groups in total. The maximum Gasteiger partial charge on any atom is 0.262 e. The lowest BCUT2D eigenvalue weighted by atomic mass is 10.1. The van der Waals surface area contributed by atoms with E-state index in [1.807, 2.05) is 24.4 Å². The van der Waals surface area contributed by atoms with Crippen LogP contribution in [0.4, 0.5) is 5.69 Å². The number of fused-ring (bicyclic) bond motifs is 1. The molecule has 1 atom stereocenters. The number of anilines is 1. The predicted molar refractivity (Wildman–Crippen MR) is 122 cm³/mol. The summed E-state index contributed by atoms with van der Waals surface area (Å²) in [6, 6.07) is 15.2. The van der Waals surface area contributed by atoms with E-state index in [2.05, 4.69) is 27.0 Å². The monoisotopic (exact) mass is 449 g/mol. The molecule has 0 bridgehead atoms. The summed E-state index contributed by atoms with van der Waals surface area (Å²) in [6.07, 6.45) is 4.12. The third-order valence-corrected chi connectivity index (χ3v) is 6.56. The molecule has 2 aliphatic heterocycles. The first-order chi connectivity index (χ1) is 15.7. The molecule has 1 saturated heterocycles. The topological polar surface area (TPSA) is 82.5 Å². The molecule has 164 valence electrons. The summed E-state index contributed by atoms with van der Waals surface area (Å²) in [7, 11) is 0. The second kappa shape index (κ2) is 9.18. The van der Waals surface area contributed by atoms with Crippen molar-refractivity contribution in [2.75, 3.05) is 24.3 Å². The highest BCUT2D eigenvalue weighted by molar-refractivity contribution is 7.99. The van der Waals surface area contributed by atoms with Crippen LogP contribution in [-0.4, -0.2) is 46.3 Å². The van der Waals surface area contributed by atoms with E-state index in [1.165, 1.54) is 11.8 Å². The number of benzene rings is 2. The Balaban J connectivity index is 1.34. The zero-order valence-corrected chi connectivity index (χ0v) is 18.3. The second-order valence-electron chi connectivity index (χ2n) is 7.80. The van der Waals surface area contributed by atoms with Gasteiger partial charge in [-0.2, -0.15) is 0 Å². The lowest BCUT2D eigenvalue weighted by Gasteiger charge is -2.18. The van der Waals surface area contributed by atoms with Gasteiger partial charge in [0.2, 0.25) is 0 Å². The molecule has 1 unspecified atom stereocenters. The minimum Gasteiger partial charge on any atom is -0.482 e. The van der Waals surface area contributed by atoms with Crippen LogP contribution in [0.1, 0.15) is 23.2 Å². The van der Waals surface area contributed by atoms with Gasteiger partial charge in [-0.15, -0.1) is 0 Å². The summed E-state index contributed by atoms with van der Waals surface area (Å²) < 4.78 is 13.4. The van der Waals surface area contributed by atoms with Crippen LogP contribution in [0, 0.1) is 0 Å². The molecule has 2 aromatic carbocycles. The average molecular weight is 450 g/mol. The Morgan fingerprint density at radius 2 is 2.09 bits per heavy atom. The molecule has 0 radical (unpaired) electrons. The molecule has 1 fully saturated rings. The molecule has 1 aromatic heterocycles. The number of aromatic nitrogens is 2. The number of carbonyl (C=O) groups excluding carboxylic acids is 2. The summed E-state index contributed by atoms with van der Waals surface area (Å²) in [4.78, 5) is 29.1. The van der Waals surface area contributed by atoms with E-state index >= 15 is 0 Å². The number of amides is 1. The average Bonchev–Trinajstić information content (AvgIpc) is 3.48. The Bertz CT molecular complexity index is 1140. The van der Waals surface area contributed by atoms with Gasteiger partial charge in [-0.25, -0.2) is 4.98 Å². The van der Waals surface area contributed by atoms with Crippen molar-refractivity contribution in [2.45, 2.75) is 30.6 Å². The number of rotatable bonds is 7. The lowest BCUT2D eigenvalue weighted by molar-refractivity contribution is -0.118. The molecule has 2 aliphatic rings. The van der Waals surface area contributed by atoms with Gasteiger partial charge in [-0.3, -0.25) is 9.59 Å². The molecule has 3 heterocycles. The van der Waals surface area contributed by atoms with E-state index in [-0.39, 0.29) is 30.2 Å². The molecule has 8 heteroatoms. The van der Waals surface area contributed by atoms with Gasteiger partial charge in [0, 0.05) is 12.2 Å². The number of carbonyl (C=O) groups is 2. The third-order valence-electron chi connectivity index (χ3n) is 5.57. The van der Waals surface area contributed by atoms with E-state index in [4.69, 9.17) is 9.47 Å². The van der Waals surface area contributed by atoms with E-state index in [0.717, 1.165) is 35.9 Å². The summed E-state index contributed by atoms with van der Waals surface area (Å²) in [6.45, 7) is 1.50. The number of ether oxygens (including phenoxy) is 2. The van der Waals surface area contributed by atoms with Crippen molar-refractivity contribution >= 4 is 29.1 Å². The zero-order valence-electron chi connectivity index (χ0n) is 17.5. The quantitative estimate of drug-likeness (QED) is 0.433. The fraction of sp³-hybridized carbons (Fsp3) is 0.292. The van der Waals surface area contributed by atoms with Gasteiger partial charge in [0.1, 0.15) is 5.75 Å². The standard InChI is InChI=1S/C24H23N3O4S/c28-21(17-8-9-22-19(11-17)26-23(29)14-31-22)15-32-24-25-12-20(16-5-2-1-3-6-16)27(24)13-18-7-4-10-30-18/h1-3,5-6,8-9,11-12,18H,4,7,10,13-15H2,(H,26,29). The van der Waals surface area contributed by atoms with Crippen LogP contribution in [0.3, 0.4) is 0 Å². The second-order valence-corrected chi connectivity index (χ2v) is 8.74. The first-order valence-corrected chi connectivity index (χ1v) is 11.6. The van der Waals surface area contributed by atoms with Gasteiger partial charge in [-0.1, -0.05) is 42.1 Å². The molecule has 0 saturated carbocycles. The van der Waals surface area contributed by atoms with E-state index in [1.54, 1.807) is 18.2 Å². The molecule has 0 aliphatic carbocycles. The predicted octanol–water partition coefficient (Wildman–Crippen LogP) is 4.04. The number of nitrogens with one attached hydrogen (secondary N) is 1. The number of nitrogens with zero attached hydrogens (tertiary/aromatic N) is 2. The molecule has 5 rings (SSSR count). The van der Waals surface area contributed by atoms with Gasteiger partial charge in [0.05, 0.1) is 36.0 Å². The van der Waals surface area contributed by atoms with Gasteiger partial charge in [0.25, 0.3) is 5.91 Å². The molecule has 32 heavy (non-hydrogen) atoms. The van der Waals surface area contributed by atoms with Crippen molar-refractivity contribution in [1.29, 1.82) is 0 Å². The Kier molecular flexibility index (Phi) is 5.96. The summed E-state index contributed by atoms with van der Waals surface area (Å²) in [5.41, 5.74) is 3.16. The van der Waals surface area contributed by atoms with Gasteiger partial charge < -0.3 is 19.4 Å². The van der Waals surface area contributed by atoms with Crippen molar-refractivity contribution in [3.05, 3.63) is 60.3 Å². The molecule has 3 aromatic rings. The summed E-state index contributed by atoms with van der Waals surface area (Å²) >= 11 is 1.41. The highest BCUT2D eigenvalue weighted by Gasteiger charge is 2.22. The van der Waals surface area contributed by atoms with Gasteiger partial charge in [0.15, 0.2) is 17.5 Å². The Morgan fingerprint density at radius 3 is 2.91 bits per heavy atom. The highest BCUT2D eigenvalue weighted by Crippen LogP contribution is 2.31. The fourth-order valence-corrected chi connectivity index (χ4v) is 4.83. The van der Waals surface area contributed by atoms with E-state index in [9.17, 15) is 9.59 Å². The highest BCUT2D eigenvalue weighted by atomic mass is 32.2. The Morgan fingerprint density at radius 1 is 1.22 bits per heavy atom. The van der Waals surface area contributed by atoms with Crippen LogP contribution in [0.5, 0.6) is 5.75 Å². The Labute approximate surface area is 190 Å². The largest absolute Gasteiger partial charge is 0.482 e. The summed E-state index contributed by atoms with van der Waals surface area (Å²) in [5.74, 6) is 0.560. The SMILES string of the molecule is O=C1COc2ccc(C(=O)CSc3ncc(-c4ccccc4)n3CC3CCCO3)cc2N1. The van der Waals surface area contributed by atoms with E-state index in [0.29, 0.717) is 23.5 Å². The lowest BCUT2D eigenvalue weighted by Crippen LogP contribution is -2.25. The van der Waals surface area contributed by atoms with Crippen LogP contribution in [0.2, 0.25) is 0 Å². The van der Waals surface area contributed by atoms with Crippen LogP contribution < -0.4 is 10.1 Å². The molecule has 0 spiro atoms. The first kappa shape index (κ1) is 20.8. The summed E-state index contributed by atoms with van der Waals surface area (Å²) in [5, 5.41) is 3.54. The van der Waals surface area contributed by atoms with Crippen molar-refractivity contribution < 1.29 is 19.1 Å². The maximum absolute atomic E-state index is 12.9. The van der Waals surface area contributed by atoms with Crippen LogP contribution in [-0.2, 0) is 16.1 Å². The number of hydrogen-bond donors (Lipinski definition) is 1. The van der Waals surface area contributed by atoms with Gasteiger partial charge >= 0.3 is 0 Å². The first-order valence-electron chi connectivity index (χ1n) is 10.6. The number of ketones is 1. The van der Waals surface area contributed by atoms with Crippen LogP contribution in [0.15, 0.2) is 59.9 Å². The maximum atomic E-state index is 12.9. The third kappa shape index (κ3) is 4.42. The van der Waals surface area contributed by atoms with Crippen molar-refractivity contribution in [1.82, 2.24) is 9.55 Å². The van der Waals surface area contributed by atoms with Crippen LogP contribution in [0.25, 0.3) is 11.3 Å². The van der Waals surface area contributed by atoms with E-state index < -0.39 is 0 Å². The van der Waals surface area contributed by atoms with Gasteiger partial charge in [-0.05, 0) is 36.6 Å².